The van der Waals surface area contributed by atoms with Crippen molar-refractivity contribution in [3.8, 4) is 0 Å². The largest absolute Gasteiger partial charge is 0.369 e. The molecule has 0 bridgehead atoms. The Morgan fingerprint density at radius 3 is 2.09 bits per heavy atom. The molecular formula is C8H16N2O. The summed E-state index contributed by atoms with van der Waals surface area (Å²) in [6.45, 7) is 6.04. The number of carbonyl (C=O) groups is 1. The Hall–Kier alpha value is -0.570. The summed E-state index contributed by atoms with van der Waals surface area (Å²) in [5.41, 5.74) is 10.8. The molecule has 0 aliphatic heterocycles. The first-order chi connectivity index (χ1) is 4.92. The third-order valence-electron chi connectivity index (χ3n) is 3.02. The van der Waals surface area contributed by atoms with Gasteiger partial charge in [-0.25, -0.2) is 0 Å². The van der Waals surface area contributed by atoms with Crippen LogP contribution >= 0.6 is 0 Å². The zero-order valence-corrected chi connectivity index (χ0v) is 7.29. The molecule has 0 aromatic carbocycles. The first-order valence-electron chi connectivity index (χ1n) is 4.00. The molecule has 0 radical (unpaired) electrons. The molecule has 1 aliphatic carbocycles. The van der Waals surface area contributed by atoms with Crippen LogP contribution in [0, 0.1) is 17.8 Å². The SMILES string of the molecule is CC(C)C1(N)C(C)C1C(N)=O. The van der Waals surface area contributed by atoms with E-state index < -0.39 is 0 Å². The van der Waals surface area contributed by atoms with Gasteiger partial charge in [0.25, 0.3) is 0 Å². The molecule has 1 saturated carbocycles. The summed E-state index contributed by atoms with van der Waals surface area (Å²) in [5.74, 6) is 0.214. The molecule has 3 unspecified atom stereocenters. The molecule has 11 heavy (non-hydrogen) atoms. The molecule has 0 spiro atoms. The molecular weight excluding hydrogens is 140 g/mol. The first kappa shape index (κ1) is 8.53. The monoisotopic (exact) mass is 156 g/mol. The lowest BCUT2D eigenvalue weighted by Crippen LogP contribution is -2.36. The van der Waals surface area contributed by atoms with Crippen molar-refractivity contribution in [3.63, 3.8) is 0 Å². The molecule has 0 heterocycles. The van der Waals surface area contributed by atoms with Crippen LogP contribution in [-0.4, -0.2) is 11.4 Å². The summed E-state index contributed by atoms with van der Waals surface area (Å²) in [6.07, 6.45) is 0. The molecule has 1 aliphatic rings. The van der Waals surface area contributed by atoms with E-state index >= 15 is 0 Å². The van der Waals surface area contributed by atoms with Gasteiger partial charge in [-0.3, -0.25) is 4.79 Å². The maximum atomic E-state index is 10.8. The topological polar surface area (TPSA) is 69.1 Å². The Kier molecular flexibility index (Phi) is 1.71. The van der Waals surface area contributed by atoms with E-state index in [1.165, 1.54) is 0 Å². The number of hydrogen-bond acceptors (Lipinski definition) is 2. The number of hydrogen-bond donors (Lipinski definition) is 2. The van der Waals surface area contributed by atoms with Crippen LogP contribution in [0.1, 0.15) is 20.8 Å². The fraction of sp³-hybridized carbons (Fsp3) is 0.875. The Labute approximate surface area is 67.1 Å². The summed E-state index contributed by atoms with van der Waals surface area (Å²) in [4.78, 5) is 10.8. The standard InChI is InChI=1S/C8H16N2O/c1-4(2)8(10)5(3)6(8)7(9)11/h4-6H,10H2,1-3H3,(H2,9,11). The molecule has 0 aromatic heterocycles. The predicted octanol–water partition coefficient (Wildman–Crippen LogP) is 0.0911. The number of carbonyl (C=O) groups excluding carboxylic acids is 1. The molecule has 0 saturated heterocycles. The summed E-state index contributed by atoms with van der Waals surface area (Å²) in [5, 5.41) is 0. The first-order valence-corrected chi connectivity index (χ1v) is 4.00. The van der Waals surface area contributed by atoms with Crippen molar-refractivity contribution in [2.24, 2.45) is 29.2 Å². The van der Waals surface area contributed by atoms with Crippen LogP contribution in [0.3, 0.4) is 0 Å². The highest BCUT2D eigenvalue weighted by atomic mass is 16.1. The molecule has 1 rings (SSSR count). The lowest BCUT2D eigenvalue weighted by atomic mass is 9.99. The lowest BCUT2D eigenvalue weighted by Gasteiger charge is -2.15. The third-order valence-corrected chi connectivity index (χ3v) is 3.02. The minimum atomic E-state index is -0.328. The highest BCUT2D eigenvalue weighted by Gasteiger charge is 2.63. The number of nitrogens with two attached hydrogens (primary N) is 2. The van der Waals surface area contributed by atoms with Gasteiger partial charge in [-0.2, -0.15) is 0 Å². The average Bonchev–Trinajstić information content (AvgIpc) is 2.37. The van der Waals surface area contributed by atoms with Gasteiger partial charge in [0.05, 0.1) is 5.92 Å². The Balaban J connectivity index is 2.73. The van der Waals surface area contributed by atoms with E-state index in [0.717, 1.165) is 0 Å². The molecule has 3 atom stereocenters. The highest BCUT2D eigenvalue weighted by Crippen LogP contribution is 2.52. The summed E-state index contributed by atoms with van der Waals surface area (Å²) in [7, 11) is 0. The number of primary amides is 1. The second-order valence-corrected chi connectivity index (χ2v) is 3.82. The van der Waals surface area contributed by atoms with Gasteiger partial charge in [-0.1, -0.05) is 20.8 Å². The minimum Gasteiger partial charge on any atom is -0.369 e. The van der Waals surface area contributed by atoms with Crippen LogP contribution in [0.25, 0.3) is 0 Å². The van der Waals surface area contributed by atoms with Crippen molar-refractivity contribution in [3.05, 3.63) is 0 Å². The zero-order valence-electron chi connectivity index (χ0n) is 7.29. The smallest absolute Gasteiger partial charge is 0.222 e. The van der Waals surface area contributed by atoms with Gasteiger partial charge in [0, 0.05) is 5.54 Å². The highest BCUT2D eigenvalue weighted by molar-refractivity contribution is 5.82. The van der Waals surface area contributed by atoms with E-state index in [1.807, 2.05) is 20.8 Å². The van der Waals surface area contributed by atoms with Gasteiger partial charge < -0.3 is 11.5 Å². The fourth-order valence-electron chi connectivity index (χ4n) is 1.99. The van der Waals surface area contributed by atoms with E-state index in [0.29, 0.717) is 5.92 Å². The lowest BCUT2D eigenvalue weighted by molar-refractivity contribution is -0.119. The maximum Gasteiger partial charge on any atom is 0.222 e. The summed E-state index contributed by atoms with van der Waals surface area (Å²) < 4.78 is 0. The van der Waals surface area contributed by atoms with Crippen LogP contribution in [0.4, 0.5) is 0 Å². The molecule has 1 amide bonds. The van der Waals surface area contributed by atoms with Gasteiger partial charge in [-0.05, 0) is 11.8 Å². The Bertz CT molecular complexity index is 191. The van der Waals surface area contributed by atoms with Gasteiger partial charge in [0.2, 0.25) is 5.91 Å². The Morgan fingerprint density at radius 2 is 2.00 bits per heavy atom. The summed E-state index contributed by atoms with van der Waals surface area (Å²) in [6, 6.07) is 0. The molecule has 4 N–H and O–H groups in total. The van der Waals surface area contributed by atoms with Crippen molar-refractivity contribution in [2.45, 2.75) is 26.3 Å². The third kappa shape index (κ3) is 0.948. The van der Waals surface area contributed by atoms with E-state index in [2.05, 4.69) is 0 Å². The molecule has 1 fully saturated rings. The van der Waals surface area contributed by atoms with Gasteiger partial charge in [-0.15, -0.1) is 0 Å². The summed E-state index contributed by atoms with van der Waals surface area (Å²) >= 11 is 0. The van der Waals surface area contributed by atoms with Crippen molar-refractivity contribution in [1.29, 1.82) is 0 Å². The fourth-order valence-corrected chi connectivity index (χ4v) is 1.99. The number of rotatable bonds is 2. The van der Waals surface area contributed by atoms with Crippen LogP contribution in [0.15, 0.2) is 0 Å². The van der Waals surface area contributed by atoms with E-state index in [4.69, 9.17) is 11.5 Å². The average molecular weight is 156 g/mol. The quantitative estimate of drug-likeness (QED) is 0.595. The van der Waals surface area contributed by atoms with Crippen LogP contribution in [-0.2, 0) is 4.79 Å². The van der Waals surface area contributed by atoms with Crippen molar-refractivity contribution in [1.82, 2.24) is 0 Å². The van der Waals surface area contributed by atoms with Crippen LogP contribution in [0.2, 0.25) is 0 Å². The molecule has 0 aromatic rings. The van der Waals surface area contributed by atoms with Gasteiger partial charge in [0.1, 0.15) is 0 Å². The van der Waals surface area contributed by atoms with Gasteiger partial charge >= 0.3 is 0 Å². The second kappa shape index (κ2) is 2.21. The maximum absolute atomic E-state index is 10.8. The van der Waals surface area contributed by atoms with E-state index in [9.17, 15) is 4.79 Å². The normalized spacial score (nSPS) is 42.6. The van der Waals surface area contributed by atoms with Crippen molar-refractivity contribution < 1.29 is 4.79 Å². The zero-order chi connectivity index (χ0) is 8.81. The Morgan fingerprint density at radius 1 is 1.55 bits per heavy atom. The van der Waals surface area contributed by atoms with Crippen LogP contribution < -0.4 is 11.5 Å². The van der Waals surface area contributed by atoms with Gasteiger partial charge in [0.15, 0.2) is 0 Å². The van der Waals surface area contributed by atoms with Crippen LogP contribution in [0.5, 0.6) is 0 Å². The van der Waals surface area contributed by atoms with Crippen molar-refractivity contribution in [2.75, 3.05) is 0 Å². The molecule has 64 valence electrons. The molecule has 3 nitrogen and oxygen atoms in total. The second-order valence-electron chi connectivity index (χ2n) is 3.82. The van der Waals surface area contributed by atoms with E-state index in [1.54, 1.807) is 0 Å². The number of amides is 1. The van der Waals surface area contributed by atoms with E-state index in [-0.39, 0.29) is 23.3 Å². The molecule has 3 heteroatoms. The van der Waals surface area contributed by atoms with Crippen molar-refractivity contribution >= 4 is 5.91 Å². The predicted molar refractivity (Wildman–Crippen MR) is 43.6 cm³/mol. The minimum absolute atomic E-state index is 0.109.